The first-order chi connectivity index (χ1) is 13.6. The Kier molecular flexibility index (Phi) is 5.33. The van der Waals surface area contributed by atoms with Crippen molar-refractivity contribution in [1.29, 1.82) is 0 Å². The van der Waals surface area contributed by atoms with Crippen molar-refractivity contribution in [3.63, 3.8) is 0 Å². The zero-order valence-corrected chi connectivity index (χ0v) is 17.2. The van der Waals surface area contributed by atoms with Crippen molar-refractivity contribution >= 4 is 39.0 Å². The van der Waals surface area contributed by atoms with Crippen LogP contribution in [0.2, 0.25) is 0 Å². The van der Waals surface area contributed by atoms with Gasteiger partial charge in [0.25, 0.3) is 5.91 Å². The number of nitrogens with zero attached hydrogens (tertiary/aromatic N) is 2. The third-order valence-corrected chi connectivity index (χ3v) is 5.88. The summed E-state index contributed by atoms with van der Waals surface area (Å²) in [5, 5.41) is 0. The van der Waals surface area contributed by atoms with E-state index in [1.807, 2.05) is 12.1 Å². The van der Waals surface area contributed by atoms with Crippen molar-refractivity contribution in [2.24, 2.45) is 0 Å². The van der Waals surface area contributed by atoms with Crippen LogP contribution in [0.15, 0.2) is 59.1 Å². The standard InChI is InChI=1S/C22H21BrN2O3/c1-28-19-8-6-18(7-9-19)25-21(26)14-20(22(25)27)24-12-10-16(11-13-24)15-2-4-17(23)5-3-15/h2-10,20H,11-14H2,1H3/t20-/m0/s1. The molecule has 2 aliphatic rings. The van der Waals surface area contributed by atoms with E-state index in [0.29, 0.717) is 18.0 Å². The van der Waals surface area contributed by atoms with E-state index < -0.39 is 6.04 Å². The van der Waals surface area contributed by atoms with Crippen LogP contribution in [0.1, 0.15) is 18.4 Å². The summed E-state index contributed by atoms with van der Waals surface area (Å²) >= 11 is 3.46. The van der Waals surface area contributed by atoms with E-state index in [0.717, 1.165) is 17.4 Å². The Balaban J connectivity index is 1.47. The Labute approximate surface area is 172 Å². The Morgan fingerprint density at radius 3 is 2.36 bits per heavy atom. The summed E-state index contributed by atoms with van der Waals surface area (Å²) in [7, 11) is 1.59. The largest absolute Gasteiger partial charge is 0.497 e. The van der Waals surface area contributed by atoms with E-state index >= 15 is 0 Å². The van der Waals surface area contributed by atoms with E-state index in [9.17, 15) is 9.59 Å². The number of hydrogen-bond acceptors (Lipinski definition) is 4. The molecule has 0 unspecified atom stereocenters. The van der Waals surface area contributed by atoms with Gasteiger partial charge in [0.2, 0.25) is 5.91 Å². The Hall–Kier alpha value is -2.44. The van der Waals surface area contributed by atoms with E-state index in [-0.39, 0.29) is 18.2 Å². The first-order valence-electron chi connectivity index (χ1n) is 9.26. The highest BCUT2D eigenvalue weighted by atomic mass is 79.9. The molecule has 6 heteroatoms. The van der Waals surface area contributed by atoms with Gasteiger partial charge in [0.05, 0.1) is 25.3 Å². The molecule has 0 spiro atoms. The maximum Gasteiger partial charge on any atom is 0.251 e. The molecule has 2 heterocycles. The van der Waals surface area contributed by atoms with Crippen LogP contribution in [-0.2, 0) is 9.59 Å². The molecule has 0 saturated carbocycles. The number of benzene rings is 2. The molecule has 0 N–H and O–H groups in total. The first-order valence-corrected chi connectivity index (χ1v) is 10.1. The van der Waals surface area contributed by atoms with Gasteiger partial charge in [-0.3, -0.25) is 14.5 Å². The van der Waals surface area contributed by atoms with Gasteiger partial charge >= 0.3 is 0 Å². The average Bonchev–Trinajstić information content (AvgIpc) is 3.03. The molecule has 28 heavy (non-hydrogen) atoms. The van der Waals surface area contributed by atoms with E-state index in [1.165, 1.54) is 16.0 Å². The van der Waals surface area contributed by atoms with Crippen molar-refractivity contribution in [3.8, 4) is 5.75 Å². The number of carbonyl (C=O) groups excluding carboxylic acids is 2. The maximum atomic E-state index is 13.0. The third kappa shape index (κ3) is 3.62. The summed E-state index contributed by atoms with van der Waals surface area (Å²) < 4.78 is 6.21. The smallest absolute Gasteiger partial charge is 0.251 e. The Bertz CT molecular complexity index is 922. The molecule has 2 aliphatic heterocycles. The van der Waals surface area contributed by atoms with Crippen LogP contribution in [0, 0.1) is 0 Å². The van der Waals surface area contributed by atoms with Crippen LogP contribution in [0.25, 0.3) is 5.57 Å². The molecule has 5 nitrogen and oxygen atoms in total. The maximum absolute atomic E-state index is 13.0. The van der Waals surface area contributed by atoms with Crippen molar-refractivity contribution in [2.45, 2.75) is 18.9 Å². The van der Waals surface area contributed by atoms with Crippen LogP contribution >= 0.6 is 15.9 Å². The molecular weight excluding hydrogens is 420 g/mol. The average molecular weight is 441 g/mol. The van der Waals surface area contributed by atoms with E-state index in [2.05, 4.69) is 39.0 Å². The monoisotopic (exact) mass is 440 g/mol. The highest BCUT2D eigenvalue weighted by Crippen LogP contribution is 2.30. The van der Waals surface area contributed by atoms with E-state index in [1.54, 1.807) is 31.4 Å². The number of anilines is 1. The minimum Gasteiger partial charge on any atom is -0.497 e. The number of carbonyl (C=O) groups is 2. The second kappa shape index (κ2) is 7.89. The lowest BCUT2D eigenvalue weighted by molar-refractivity contribution is -0.122. The highest BCUT2D eigenvalue weighted by Gasteiger charge is 2.42. The Morgan fingerprint density at radius 1 is 1.04 bits per heavy atom. The number of ether oxygens (including phenoxy) is 1. The fraction of sp³-hybridized carbons (Fsp3) is 0.273. The molecule has 0 aliphatic carbocycles. The van der Waals surface area contributed by atoms with Crippen LogP contribution < -0.4 is 9.64 Å². The minimum absolute atomic E-state index is 0.143. The van der Waals surface area contributed by atoms with Gasteiger partial charge in [0.1, 0.15) is 5.75 Å². The van der Waals surface area contributed by atoms with Crippen molar-refractivity contribution in [2.75, 3.05) is 25.1 Å². The van der Waals surface area contributed by atoms with Gasteiger partial charge in [-0.15, -0.1) is 0 Å². The van der Waals surface area contributed by atoms with Crippen molar-refractivity contribution in [3.05, 3.63) is 64.6 Å². The number of halogens is 1. The van der Waals surface area contributed by atoms with Crippen LogP contribution in [0.3, 0.4) is 0 Å². The van der Waals surface area contributed by atoms with Gasteiger partial charge in [0, 0.05) is 17.6 Å². The zero-order chi connectivity index (χ0) is 19.7. The lowest BCUT2D eigenvalue weighted by Gasteiger charge is -2.30. The molecule has 1 saturated heterocycles. The molecule has 4 rings (SSSR count). The predicted octanol–water partition coefficient (Wildman–Crippen LogP) is 3.88. The molecular formula is C22H21BrN2O3. The summed E-state index contributed by atoms with van der Waals surface area (Å²) in [6.45, 7) is 1.44. The van der Waals surface area contributed by atoms with E-state index in [4.69, 9.17) is 4.74 Å². The van der Waals surface area contributed by atoms with Crippen molar-refractivity contribution in [1.82, 2.24) is 4.90 Å². The quantitative estimate of drug-likeness (QED) is 0.676. The van der Waals surface area contributed by atoms with Gasteiger partial charge in [0.15, 0.2) is 0 Å². The number of amides is 2. The van der Waals surface area contributed by atoms with Crippen LogP contribution in [0.5, 0.6) is 5.75 Å². The third-order valence-electron chi connectivity index (χ3n) is 5.35. The fourth-order valence-electron chi connectivity index (χ4n) is 3.80. The first kappa shape index (κ1) is 18.9. The summed E-state index contributed by atoms with van der Waals surface area (Å²) in [6, 6.07) is 14.9. The SMILES string of the molecule is COc1ccc(N2C(=O)C[C@H](N3CC=C(c4ccc(Br)cc4)CC3)C2=O)cc1. The van der Waals surface area contributed by atoms with Crippen LogP contribution in [0.4, 0.5) is 5.69 Å². The molecule has 0 radical (unpaired) electrons. The molecule has 1 fully saturated rings. The highest BCUT2D eigenvalue weighted by molar-refractivity contribution is 9.10. The van der Waals surface area contributed by atoms with Gasteiger partial charge in [-0.25, -0.2) is 4.90 Å². The summed E-state index contributed by atoms with van der Waals surface area (Å²) in [5.74, 6) is 0.402. The molecule has 144 valence electrons. The van der Waals surface area contributed by atoms with Crippen LogP contribution in [-0.4, -0.2) is 43.0 Å². The predicted molar refractivity (Wildman–Crippen MR) is 112 cm³/mol. The molecule has 0 aromatic heterocycles. The number of methoxy groups -OCH3 is 1. The molecule has 2 amide bonds. The molecule has 0 bridgehead atoms. The van der Waals surface area contributed by atoms with Crippen molar-refractivity contribution < 1.29 is 14.3 Å². The molecule has 2 aromatic carbocycles. The topological polar surface area (TPSA) is 49.9 Å². The minimum atomic E-state index is -0.391. The van der Waals surface area contributed by atoms with Gasteiger partial charge < -0.3 is 4.74 Å². The second-order valence-corrected chi connectivity index (χ2v) is 7.88. The summed E-state index contributed by atoms with van der Waals surface area (Å²) in [6.07, 6.45) is 3.26. The van der Waals surface area contributed by atoms with Gasteiger partial charge in [-0.05, 0) is 54.0 Å². The summed E-state index contributed by atoms with van der Waals surface area (Å²) in [5.41, 5.74) is 3.09. The Morgan fingerprint density at radius 2 is 1.75 bits per heavy atom. The number of rotatable bonds is 4. The lowest BCUT2D eigenvalue weighted by atomic mass is 9.98. The molecule has 2 aromatic rings. The fourth-order valence-corrected chi connectivity index (χ4v) is 4.06. The summed E-state index contributed by atoms with van der Waals surface area (Å²) in [4.78, 5) is 28.9. The normalized spacial score (nSPS) is 20.4. The zero-order valence-electron chi connectivity index (χ0n) is 15.6. The molecule has 1 atom stereocenters. The lowest BCUT2D eigenvalue weighted by Crippen LogP contribution is -2.44. The number of hydrogen-bond donors (Lipinski definition) is 0. The van der Waals surface area contributed by atoms with Gasteiger partial charge in [-0.2, -0.15) is 0 Å². The second-order valence-electron chi connectivity index (χ2n) is 6.97. The van der Waals surface area contributed by atoms with Gasteiger partial charge in [-0.1, -0.05) is 34.1 Å². The number of imide groups is 1.